The highest BCUT2D eigenvalue weighted by Gasteiger charge is 2.14. The molecule has 2 aromatic carbocycles. The summed E-state index contributed by atoms with van der Waals surface area (Å²) in [5.41, 5.74) is 2.39. The van der Waals surface area contributed by atoms with Crippen LogP contribution >= 0.6 is 24.0 Å². The van der Waals surface area contributed by atoms with Gasteiger partial charge in [0.25, 0.3) is 0 Å². The first-order valence-electron chi connectivity index (χ1n) is 11.1. The van der Waals surface area contributed by atoms with E-state index in [0.29, 0.717) is 32.4 Å². The van der Waals surface area contributed by atoms with Gasteiger partial charge in [0.05, 0.1) is 26.4 Å². The number of nitrogens with one attached hydrogen (secondary N) is 1. The molecule has 0 amide bonds. The summed E-state index contributed by atoms with van der Waals surface area (Å²) < 4.78 is 22.4. The SMILES string of the molecule is CN=C(NCc1ccc(COC2CCOCC2)cc1)N(C)CCOc1ccc(OC)cc1.I. The second-order valence-corrected chi connectivity index (χ2v) is 7.79. The van der Waals surface area contributed by atoms with Gasteiger partial charge in [0.2, 0.25) is 0 Å². The fraction of sp³-hybridized carbons (Fsp3) is 0.480. The van der Waals surface area contributed by atoms with Crippen molar-refractivity contribution < 1.29 is 18.9 Å². The molecule has 0 aliphatic carbocycles. The second kappa shape index (κ2) is 15.0. The molecular formula is C25H36IN3O4. The van der Waals surface area contributed by atoms with E-state index in [9.17, 15) is 0 Å². The molecule has 1 fully saturated rings. The molecule has 8 heteroatoms. The molecule has 33 heavy (non-hydrogen) atoms. The van der Waals surface area contributed by atoms with Crippen LogP contribution in [0.1, 0.15) is 24.0 Å². The fourth-order valence-electron chi connectivity index (χ4n) is 3.45. The van der Waals surface area contributed by atoms with Crippen LogP contribution in [0.3, 0.4) is 0 Å². The zero-order valence-corrected chi connectivity index (χ0v) is 22.1. The fourth-order valence-corrected chi connectivity index (χ4v) is 3.45. The molecule has 1 saturated heterocycles. The summed E-state index contributed by atoms with van der Waals surface area (Å²) in [6.45, 7) is 4.24. The lowest BCUT2D eigenvalue weighted by molar-refractivity contribution is -0.0390. The number of benzene rings is 2. The molecule has 1 aliphatic rings. The summed E-state index contributed by atoms with van der Waals surface area (Å²) in [6, 6.07) is 16.1. The predicted molar refractivity (Wildman–Crippen MR) is 142 cm³/mol. The molecule has 182 valence electrons. The Morgan fingerprint density at radius 1 is 1.03 bits per heavy atom. The lowest BCUT2D eigenvalue weighted by Crippen LogP contribution is -2.40. The normalized spacial score (nSPS) is 14.3. The second-order valence-electron chi connectivity index (χ2n) is 7.79. The van der Waals surface area contributed by atoms with E-state index in [2.05, 4.69) is 39.5 Å². The van der Waals surface area contributed by atoms with E-state index < -0.39 is 0 Å². The quantitative estimate of drug-likeness (QED) is 0.264. The van der Waals surface area contributed by atoms with Crippen LogP contribution in [0.5, 0.6) is 11.5 Å². The Bertz CT molecular complexity index is 825. The first-order valence-corrected chi connectivity index (χ1v) is 11.1. The highest BCUT2D eigenvalue weighted by Crippen LogP contribution is 2.17. The summed E-state index contributed by atoms with van der Waals surface area (Å²) in [7, 11) is 5.45. The van der Waals surface area contributed by atoms with Crippen LogP contribution in [0, 0.1) is 0 Å². The van der Waals surface area contributed by atoms with Gasteiger partial charge in [0.15, 0.2) is 5.96 Å². The highest BCUT2D eigenvalue weighted by atomic mass is 127. The first kappa shape index (κ1) is 27.2. The van der Waals surface area contributed by atoms with Crippen LogP contribution in [0.2, 0.25) is 0 Å². The van der Waals surface area contributed by atoms with Crippen LogP contribution in [-0.2, 0) is 22.6 Å². The van der Waals surface area contributed by atoms with Crippen molar-refractivity contribution in [3.63, 3.8) is 0 Å². The van der Waals surface area contributed by atoms with Crippen LogP contribution in [-0.4, -0.2) is 64.5 Å². The lowest BCUT2D eigenvalue weighted by Gasteiger charge is -2.23. The van der Waals surface area contributed by atoms with E-state index in [1.165, 1.54) is 11.1 Å². The topological polar surface area (TPSA) is 64.6 Å². The number of nitrogens with zero attached hydrogens (tertiary/aromatic N) is 2. The predicted octanol–water partition coefficient (Wildman–Crippen LogP) is 4.10. The average Bonchev–Trinajstić information content (AvgIpc) is 2.85. The molecule has 0 bridgehead atoms. The maximum atomic E-state index is 6.00. The summed E-state index contributed by atoms with van der Waals surface area (Å²) in [6.07, 6.45) is 2.29. The minimum Gasteiger partial charge on any atom is -0.497 e. The number of halogens is 1. The van der Waals surface area contributed by atoms with Gasteiger partial charge >= 0.3 is 0 Å². The molecule has 1 aliphatic heterocycles. The van der Waals surface area contributed by atoms with Crippen LogP contribution < -0.4 is 14.8 Å². The van der Waals surface area contributed by atoms with Gasteiger partial charge in [-0.3, -0.25) is 4.99 Å². The van der Waals surface area contributed by atoms with Crippen molar-refractivity contribution in [2.75, 3.05) is 47.6 Å². The number of guanidine groups is 1. The Labute approximate surface area is 214 Å². The standard InChI is InChI=1S/C25H35N3O4.HI/c1-26-25(28(2)14-17-31-23-10-8-22(29-3)9-11-23)27-18-20-4-6-21(7-5-20)19-32-24-12-15-30-16-13-24;/h4-11,24H,12-19H2,1-3H3,(H,26,27);1H. The van der Waals surface area contributed by atoms with Gasteiger partial charge in [-0.05, 0) is 48.2 Å². The first-order chi connectivity index (χ1) is 15.7. The maximum Gasteiger partial charge on any atom is 0.193 e. The molecule has 0 saturated carbocycles. The number of likely N-dealkylation sites (N-methyl/N-ethyl adjacent to an activating group) is 1. The van der Waals surface area contributed by atoms with Crippen LogP contribution in [0.25, 0.3) is 0 Å². The molecule has 0 radical (unpaired) electrons. The highest BCUT2D eigenvalue weighted by molar-refractivity contribution is 14.0. The monoisotopic (exact) mass is 569 g/mol. The van der Waals surface area contributed by atoms with Gasteiger partial charge in [-0.25, -0.2) is 0 Å². The van der Waals surface area contributed by atoms with Crippen LogP contribution in [0.4, 0.5) is 0 Å². The van der Waals surface area contributed by atoms with Gasteiger partial charge < -0.3 is 29.2 Å². The van der Waals surface area contributed by atoms with E-state index in [4.69, 9.17) is 18.9 Å². The number of aliphatic imine (C=N–C) groups is 1. The summed E-state index contributed by atoms with van der Waals surface area (Å²) in [4.78, 5) is 6.43. The van der Waals surface area contributed by atoms with Crippen molar-refractivity contribution in [3.05, 3.63) is 59.7 Å². The van der Waals surface area contributed by atoms with E-state index in [-0.39, 0.29) is 24.0 Å². The summed E-state index contributed by atoms with van der Waals surface area (Å²) >= 11 is 0. The summed E-state index contributed by atoms with van der Waals surface area (Å²) in [5.74, 6) is 2.47. The Hall–Kier alpha value is -2.04. The number of hydrogen-bond donors (Lipinski definition) is 1. The Morgan fingerprint density at radius 3 is 2.30 bits per heavy atom. The van der Waals surface area contributed by atoms with Crippen molar-refractivity contribution in [2.24, 2.45) is 4.99 Å². The molecule has 0 unspecified atom stereocenters. The van der Waals surface area contributed by atoms with Crippen molar-refractivity contribution in [2.45, 2.75) is 32.1 Å². The third-order valence-corrected chi connectivity index (χ3v) is 5.46. The van der Waals surface area contributed by atoms with E-state index in [1.807, 2.05) is 31.3 Å². The third-order valence-electron chi connectivity index (χ3n) is 5.46. The van der Waals surface area contributed by atoms with E-state index >= 15 is 0 Å². The van der Waals surface area contributed by atoms with Crippen LogP contribution in [0.15, 0.2) is 53.5 Å². The summed E-state index contributed by atoms with van der Waals surface area (Å²) in [5, 5.41) is 3.41. The maximum absolute atomic E-state index is 6.00. The number of methoxy groups -OCH3 is 1. The molecule has 7 nitrogen and oxygen atoms in total. The molecule has 0 spiro atoms. The van der Waals surface area contributed by atoms with Crippen molar-refractivity contribution in [1.82, 2.24) is 10.2 Å². The Balaban J connectivity index is 0.00000385. The van der Waals surface area contributed by atoms with E-state index in [0.717, 1.165) is 43.5 Å². The lowest BCUT2D eigenvalue weighted by atomic mass is 10.1. The zero-order valence-electron chi connectivity index (χ0n) is 19.8. The minimum atomic E-state index is 0. The van der Waals surface area contributed by atoms with Crippen molar-refractivity contribution >= 4 is 29.9 Å². The van der Waals surface area contributed by atoms with Gasteiger partial charge in [-0.15, -0.1) is 24.0 Å². The van der Waals surface area contributed by atoms with Gasteiger partial charge in [0.1, 0.15) is 18.1 Å². The third kappa shape index (κ3) is 9.38. The smallest absolute Gasteiger partial charge is 0.193 e. The van der Waals surface area contributed by atoms with Gasteiger partial charge in [-0.1, -0.05) is 24.3 Å². The number of rotatable bonds is 10. The molecule has 1 heterocycles. The molecular weight excluding hydrogens is 533 g/mol. The Morgan fingerprint density at radius 2 is 1.67 bits per heavy atom. The molecule has 1 N–H and O–H groups in total. The van der Waals surface area contributed by atoms with E-state index in [1.54, 1.807) is 14.2 Å². The Kier molecular flexibility index (Phi) is 12.3. The minimum absolute atomic E-state index is 0. The molecule has 3 rings (SSSR count). The van der Waals surface area contributed by atoms with Gasteiger partial charge in [-0.2, -0.15) is 0 Å². The molecule has 0 atom stereocenters. The molecule has 0 aromatic heterocycles. The van der Waals surface area contributed by atoms with Gasteiger partial charge in [0, 0.05) is 33.9 Å². The van der Waals surface area contributed by atoms with Crippen molar-refractivity contribution in [1.29, 1.82) is 0 Å². The molecule has 2 aromatic rings. The number of hydrogen-bond acceptors (Lipinski definition) is 5. The number of ether oxygens (including phenoxy) is 4. The average molecular weight is 569 g/mol. The zero-order chi connectivity index (χ0) is 22.6. The van der Waals surface area contributed by atoms with Crippen molar-refractivity contribution in [3.8, 4) is 11.5 Å². The largest absolute Gasteiger partial charge is 0.497 e.